The molecule has 0 fully saturated rings. The van der Waals surface area contributed by atoms with Crippen molar-refractivity contribution in [3.05, 3.63) is 0 Å². The normalized spacial score (nSPS) is 6.73. The van der Waals surface area contributed by atoms with E-state index >= 15 is 0 Å². The summed E-state index contributed by atoms with van der Waals surface area (Å²) < 4.78 is 0. The van der Waals surface area contributed by atoms with E-state index in [-0.39, 0.29) is 11.9 Å². The quantitative estimate of drug-likeness (QED) is 0.453. The third kappa shape index (κ3) is 28.0. The molecule has 68 valence electrons. The minimum absolute atomic E-state index is 0. The average Bonchev–Trinajstić information content (AvgIpc) is 1.89. The summed E-state index contributed by atoms with van der Waals surface area (Å²) in [6, 6.07) is 0. The number of carboxylic acids is 2. The number of rotatable bonds is 3. The Morgan fingerprint density at radius 1 is 1.36 bits per heavy atom. The molecule has 0 aliphatic carbocycles. The zero-order valence-electron chi connectivity index (χ0n) is 6.29. The molecule has 0 radical (unpaired) electrons. The van der Waals surface area contributed by atoms with Gasteiger partial charge in [0.25, 0.3) is 0 Å². The van der Waals surface area contributed by atoms with Gasteiger partial charge in [-0.15, -0.1) is 0 Å². The zero-order valence-corrected chi connectivity index (χ0v) is 6.29. The molecule has 0 aliphatic rings. The molecule has 0 bridgehead atoms. The molecule has 0 saturated heterocycles. The van der Waals surface area contributed by atoms with Crippen molar-refractivity contribution in [1.82, 2.24) is 0 Å². The predicted molar refractivity (Wildman–Crippen MR) is 34.3 cm³/mol. The average molecular weight is 167 g/mol. The van der Waals surface area contributed by atoms with Crippen LogP contribution in [0.15, 0.2) is 0 Å². The Kier molecular flexibility index (Phi) is 17.4. The maximum absolute atomic E-state index is 9.61. The van der Waals surface area contributed by atoms with Crippen molar-refractivity contribution >= 4 is 11.9 Å². The summed E-state index contributed by atoms with van der Waals surface area (Å²) in [5, 5.41) is 17.4. The summed E-state index contributed by atoms with van der Waals surface area (Å²) in [5.74, 6) is -2.44. The van der Waals surface area contributed by atoms with Gasteiger partial charge in [0.2, 0.25) is 0 Å². The topological polar surface area (TPSA) is 137 Å². The van der Waals surface area contributed by atoms with Crippen molar-refractivity contribution in [2.24, 2.45) is 0 Å². The van der Waals surface area contributed by atoms with E-state index in [0.29, 0.717) is 0 Å². The number of quaternary nitrogens is 1. The van der Waals surface area contributed by atoms with E-state index in [9.17, 15) is 14.7 Å². The van der Waals surface area contributed by atoms with E-state index in [1.807, 2.05) is 0 Å². The van der Waals surface area contributed by atoms with Crippen LogP contribution >= 0.6 is 0 Å². The van der Waals surface area contributed by atoms with Crippen LogP contribution in [-0.2, 0) is 9.59 Å². The van der Waals surface area contributed by atoms with Gasteiger partial charge in [0, 0.05) is 5.97 Å². The molecule has 0 aromatic heterocycles. The van der Waals surface area contributed by atoms with Gasteiger partial charge in [0.15, 0.2) is 0 Å². The molecule has 6 nitrogen and oxygen atoms in total. The highest BCUT2D eigenvalue weighted by atomic mass is 16.4. The Balaban J connectivity index is -0.000000196. The van der Waals surface area contributed by atoms with E-state index in [2.05, 4.69) is 5.73 Å². The molecular weight excluding hydrogens is 154 g/mol. The van der Waals surface area contributed by atoms with Crippen LogP contribution < -0.4 is 10.8 Å². The first-order valence-electron chi connectivity index (χ1n) is 2.75. The van der Waals surface area contributed by atoms with Crippen molar-refractivity contribution < 1.29 is 31.0 Å². The fourth-order valence-corrected chi connectivity index (χ4v) is 0.209. The summed E-state index contributed by atoms with van der Waals surface area (Å²) in [6.07, 6.45) is -0.766. The Morgan fingerprint density at radius 3 is 1.82 bits per heavy atom. The number of hydrogen-bond donors (Lipinski definition) is 2. The van der Waals surface area contributed by atoms with E-state index < -0.39 is 18.4 Å². The molecule has 0 atom stereocenters. The molecule has 11 heavy (non-hydrogen) atoms. The van der Waals surface area contributed by atoms with Crippen LogP contribution in [0.5, 0.6) is 0 Å². The van der Waals surface area contributed by atoms with Crippen molar-refractivity contribution in [3.63, 3.8) is 0 Å². The Labute approximate surface area is 63.9 Å². The highest BCUT2D eigenvalue weighted by molar-refractivity contribution is 5.74. The molecule has 0 spiro atoms. The lowest BCUT2D eigenvalue weighted by Gasteiger charge is -1.94. The van der Waals surface area contributed by atoms with Crippen LogP contribution in [-0.4, -0.2) is 29.6 Å². The third-order valence-electron chi connectivity index (χ3n) is 0.543. The lowest BCUT2D eigenvalue weighted by atomic mass is 10.3. The predicted octanol–water partition coefficient (Wildman–Crippen LogP) is -3.37. The fourth-order valence-electron chi connectivity index (χ4n) is 0.209. The van der Waals surface area contributed by atoms with Gasteiger partial charge in [-0.05, 0) is 6.42 Å². The number of carbonyl (C=O) groups is 2. The molecule has 6 heteroatoms. The lowest BCUT2D eigenvalue weighted by molar-refractivity contribution is -0.325. The largest absolute Gasteiger partial charge is 0.550 e. The van der Waals surface area contributed by atoms with Gasteiger partial charge in [0.1, 0.15) is 0 Å². The van der Waals surface area contributed by atoms with E-state index in [1.54, 1.807) is 7.05 Å². The van der Waals surface area contributed by atoms with Gasteiger partial charge in [-0.1, -0.05) is 0 Å². The van der Waals surface area contributed by atoms with Gasteiger partial charge in [-0.2, -0.15) is 0 Å². The fraction of sp³-hybridized carbons (Fsp3) is 0.600. The third-order valence-corrected chi connectivity index (χ3v) is 0.543. The van der Waals surface area contributed by atoms with Crippen molar-refractivity contribution in [1.29, 1.82) is 0 Å². The molecule has 0 unspecified atom stereocenters. The lowest BCUT2D eigenvalue weighted by Crippen LogP contribution is -2.40. The molecule has 0 rings (SSSR count). The number of carboxylic acid groups (broad SMARTS) is 2. The Hall–Kier alpha value is -1.14. The number of aliphatic carboxylic acids is 2. The van der Waals surface area contributed by atoms with Crippen LogP contribution in [0, 0.1) is 0 Å². The second-order valence-corrected chi connectivity index (χ2v) is 1.27. The molecule has 6 N–H and O–H groups in total. The maximum Gasteiger partial charge on any atom is 0.303 e. The second kappa shape index (κ2) is 11.6. The molecule has 0 aromatic rings. The zero-order chi connectivity index (χ0) is 8.57. The van der Waals surface area contributed by atoms with Gasteiger partial charge in [0.05, 0.1) is 13.5 Å². The summed E-state index contributed by atoms with van der Waals surface area (Å²) in [7, 11) is 1.75. The molecular formula is C5H13NO5. The monoisotopic (exact) mass is 167 g/mol. The molecule has 0 aliphatic heterocycles. The van der Waals surface area contributed by atoms with Crippen LogP contribution in [0.2, 0.25) is 0 Å². The van der Waals surface area contributed by atoms with Crippen LogP contribution in [0.4, 0.5) is 0 Å². The van der Waals surface area contributed by atoms with Crippen LogP contribution in [0.3, 0.4) is 0 Å². The highest BCUT2D eigenvalue weighted by Gasteiger charge is 1.93. The van der Waals surface area contributed by atoms with Crippen molar-refractivity contribution in [3.8, 4) is 0 Å². The van der Waals surface area contributed by atoms with E-state index in [1.165, 1.54) is 0 Å². The minimum Gasteiger partial charge on any atom is -0.550 e. The number of hydrogen-bond acceptors (Lipinski definition) is 3. The van der Waals surface area contributed by atoms with Gasteiger partial charge in [-0.25, -0.2) is 0 Å². The van der Waals surface area contributed by atoms with Gasteiger partial charge in [-0.3, -0.25) is 4.79 Å². The summed E-state index contributed by atoms with van der Waals surface area (Å²) in [4.78, 5) is 19.1. The van der Waals surface area contributed by atoms with Crippen LogP contribution in [0.1, 0.15) is 12.8 Å². The van der Waals surface area contributed by atoms with Crippen molar-refractivity contribution in [2.75, 3.05) is 7.05 Å². The first-order valence-corrected chi connectivity index (χ1v) is 2.75. The summed E-state index contributed by atoms with van der Waals surface area (Å²) in [6.45, 7) is 0. The molecule has 0 amide bonds. The van der Waals surface area contributed by atoms with Crippen molar-refractivity contribution in [2.45, 2.75) is 12.8 Å². The Bertz CT molecular complexity index is 99.4. The molecule has 0 heterocycles. The smallest absolute Gasteiger partial charge is 0.303 e. The van der Waals surface area contributed by atoms with Gasteiger partial charge >= 0.3 is 5.97 Å². The van der Waals surface area contributed by atoms with E-state index in [4.69, 9.17) is 5.11 Å². The SMILES string of the molecule is C[NH3+].O.O=C([O-])CCC(=O)O. The standard InChI is InChI=1S/C4H6O4.CH5N.H2O/c5-3(6)1-2-4(7)8;1-2;/h1-2H2,(H,5,6)(H,7,8);2H2,1H3;1H2. The minimum atomic E-state index is -1.33. The molecule has 0 saturated carbocycles. The number of carbonyl (C=O) groups excluding carboxylic acids is 1. The molecule has 0 aromatic carbocycles. The first-order chi connectivity index (χ1) is 4.63. The Morgan fingerprint density at radius 2 is 1.73 bits per heavy atom. The second-order valence-electron chi connectivity index (χ2n) is 1.27. The van der Waals surface area contributed by atoms with Crippen LogP contribution in [0.25, 0.3) is 0 Å². The highest BCUT2D eigenvalue weighted by Crippen LogP contribution is 1.83. The summed E-state index contributed by atoms with van der Waals surface area (Å²) >= 11 is 0. The van der Waals surface area contributed by atoms with E-state index in [0.717, 1.165) is 0 Å². The van der Waals surface area contributed by atoms with Gasteiger partial charge < -0.3 is 26.2 Å². The first kappa shape index (κ1) is 16.4. The maximum atomic E-state index is 9.61. The summed E-state index contributed by atoms with van der Waals surface area (Å²) in [5.41, 5.74) is 3.25.